The largest absolute Gasteiger partial charge is 0.354 e. The number of anilines is 1. The molecule has 2 aliphatic rings. The zero-order valence-corrected chi connectivity index (χ0v) is 14.2. The van der Waals surface area contributed by atoms with Gasteiger partial charge in [0.1, 0.15) is 5.82 Å². The Morgan fingerprint density at radius 1 is 1.09 bits per heavy atom. The molecule has 2 fully saturated rings. The van der Waals surface area contributed by atoms with Crippen LogP contribution in [-0.4, -0.2) is 61.1 Å². The minimum absolute atomic E-state index is 0.586. The molecule has 0 aliphatic carbocycles. The number of likely N-dealkylation sites (N-methyl/N-ethyl adjacent to an activating group) is 1. The third-order valence-corrected chi connectivity index (χ3v) is 5.11. The van der Waals surface area contributed by atoms with E-state index in [1.165, 1.54) is 44.3 Å². The zero-order valence-electron chi connectivity index (χ0n) is 14.2. The summed E-state index contributed by atoms with van der Waals surface area (Å²) in [6.45, 7) is 9.19. The molecule has 1 aromatic rings. The lowest BCUT2D eigenvalue weighted by Crippen LogP contribution is -2.44. The summed E-state index contributed by atoms with van der Waals surface area (Å²) in [7, 11) is 2.19. The summed E-state index contributed by atoms with van der Waals surface area (Å²) >= 11 is 0. The van der Waals surface area contributed by atoms with Crippen molar-refractivity contribution in [2.75, 3.05) is 51.2 Å². The predicted molar refractivity (Wildman–Crippen MR) is 92.4 cm³/mol. The molecule has 22 heavy (non-hydrogen) atoms. The molecule has 4 heteroatoms. The molecule has 0 saturated carbocycles. The van der Waals surface area contributed by atoms with Gasteiger partial charge in [0.2, 0.25) is 0 Å². The number of hydrogen-bond acceptors (Lipinski definition) is 4. The first-order valence-electron chi connectivity index (χ1n) is 8.91. The third-order valence-electron chi connectivity index (χ3n) is 5.11. The first-order valence-corrected chi connectivity index (χ1v) is 8.91. The Kier molecular flexibility index (Phi) is 5.32. The molecule has 0 radical (unpaired) electrons. The van der Waals surface area contributed by atoms with E-state index in [9.17, 15) is 0 Å². The van der Waals surface area contributed by atoms with Gasteiger partial charge in [0.15, 0.2) is 0 Å². The van der Waals surface area contributed by atoms with Crippen LogP contribution in [0.5, 0.6) is 0 Å². The van der Waals surface area contributed by atoms with Gasteiger partial charge in [-0.1, -0.05) is 19.4 Å². The quantitative estimate of drug-likeness (QED) is 0.853. The summed E-state index contributed by atoms with van der Waals surface area (Å²) in [4.78, 5) is 12.2. The van der Waals surface area contributed by atoms with E-state index in [1.807, 2.05) is 0 Å². The summed E-state index contributed by atoms with van der Waals surface area (Å²) in [6, 6.07) is 5.14. The van der Waals surface area contributed by atoms with E-state index in [0.717, 1.165) is 32.0 Å². The molecule has 3 rings (SSSR count). The van der Waals surface area contributed by atoms with Gasteiger partial charge in [-0.3, -0.25) is 4.90 Å². The van der Waals surface area contributed by atoms with E-state index in [1.54, 1.807) is 0 Å². The van der Waals surface area contributed by atoms with Crippen molar-refractivity contribution in [2.24, 2.45) is 0 Å². The molecule has 2 aliphatic heterocycles. The van der Waals surface area contributed by atoms with Gasteiger partial charge in [0.25, 0.3) is 0 Å². The molecule has 0 bridgehead atoms. The Balaban J connectivity index is 1.67. The van der Waals surface area contributed by atoms with Crippen molar-refractivity contribution in [2.45, 2.75) is 38.6 Å². The van der Waals surface area contributed by atoms with Crippen molar-refractivity contribution in [3.8, 4) is 0 Å². The van der Waals surface area contributed by atoms with E-state index in [2.05, 4.69) is 47.0 Å². The molecule has 0 amide bonds. The minimum Gasteiger partial charge on any atom is -0.354 e. The molecule has 4 nitrogen and oxygen atoms in total. The Morgan fingerprint density at radius 3 is 2.59 bits per heavy atom. The maximum atomic E-state index is 4.78. The van der Waals surface area contributed by atoms with Crippen LogP contribution in [-0.2, 0) is 0 Å². The highest BCUT2D eigenvalue weighted by molar-refractivity contribution is 5.40. The first-order chi connectivity index (χ1) is 10.8. The van der Waals surface area contributed by atoms with E-state index in [0.29, 0.717) is 6.04 Å². The zero-order chi connectivity index (χ0) is 15.4. The first kappa shape index (κ1) is 15.8. The molecule has 1 atom stereocenters. The summed E-state index contributed by atoms with van der Waals surface area (Å²) in [5.41, 5.74) is 1.41. The van der Waals surface area contributed by atoms with E-state index >= 15 is 0 Å². The number of piperazine rings is 1. The maximum absolute atomic E-state index is 4.78. The fourth-order valence-electron chi connectivity index (χ4n) is 3.74. The van der Waals surface area contributed by atoms with Crippen molar-refractivity contribution < 1.29 is 0 Å². The van der Waals surface area contributed by atoms with Crippen molar-refractivity contribution in [1.29, 1.82) is 0 Å². The molecule has 0 N–H and O–H groups in total. The average Bonchev–Trinajstić information content (AvgIpc) is 2.57. The van der Waals surface area contributed by atoms with Gasteiger partial charge in [-0.05, 0) is 51.0 Å². The second-order valence-electron chi connectivity index (χ2n) is 6.79. The third kappa shape index (κ3) is 3.61. The van der Waals surface area contributed by atoms with Crippen LogP contribution in [0.25, 0.3) is 0 Å². The molecule has 122 valence electrons. The van der Waals surface area contributed by atoms with Crippen molar-refractivity contribution in [3.05, 3.63) is 23.9 Å². The van der Waals surface area contributed by atoms with Gasteiger partial charge in [-0.15, -0.1) is 0 Å². The predicted octanol–water partition coefficient (Wildman–Crippen LogP) is 2.77. The van der Waals surface area contributed by atoms with Crippen LogP contribution in [0.3, 0.4) is 0 Å². The van der Waals surface area contributed by atoms with E-state index in [-0.39, 0.29) is 0 Å². The van der Waals surface area contributed by atoms with E-state index < -0.39 is 0 Å². The van der Waals surface area contributed by atoms with Gasteiger partial charge >= 0.3 is 0 Å². The lowest BCUT2D eigenvalue weighted by molar-refractivity contribution is 0.149. The topological polar surface area (TPSA) is 22.6 Å². The number of piperidine rings is 1. The molecular weight excluding hydrogens is 272 g/mol. The summed E-state index contributed by atoms with van der Waals surface area (Å²) < 4.78 is 0. The van der Waals surface area contributed by atoms with Crippen molar-refractivity contribution in [3.63, 3.8) is 0 Å². The van der Waals surface area contributed by atoms with Gasteiger partial charge in [0, 0.05) is 38.4 Å². The van der Waals surface area contributed by atoms with Gasteiger partial charge < -0.3 is 9.80 Å². The van der Waals surface area contributed by atoms with Gasteiger partial charge in [0.05, 0.1) is 0 Å². The average molecular weight is 302 g/mol. The number of aromatic nitrogens is 1. The number of nitrogens with zero attached hydrogens (tertiary/aromatic N) is 4. The molecule has 0 spiro atoms. The highest BCUT2D eigenvalue weighted by Gasteiger charge is 2.23. The fourth-order valence-corrected chi connectivity index (χ4v) is 3.74. The van der Waals surface area contributed by atoms with Crippen LogP contribution in [0.15, 0.2) is 18.3 Å². The number of hydrogen-bond donors (Lipinski definition) is 0. The normalized spacial score (nSPS) is 24.6. The van der Waals surface area contributed by atoms with Crippen LogP contribution in [0.1, 0.15) is 44.2 Å². The van der Waals surface area contributed by atoms with Crippen molar-refractivity contribution >= 4 is 5.82 Å². The smallest absolute Gasteiger partial charge is 0.128 e. The lowest BCUT2D eigenvalue weighted by atomic mass is 9.96. The van der Waals surface area contributed by atoms with Gasteiger partial charge in [-0.25, -0.2) is 4.98 Å². The molecule has 1 unspecified atom stereocenters. The number of likely N-dealkylation sites (tertiary alicyclic amines) is 1. The van der Waals surface area contributed by atoms with Crippen LogP contribution >= 0.6 is 0 Å². The molecule has 3 heterocycles. The number of rotatable bonds is 4. The van der Waals surface area contributed by atoms with Crippen molar-refractivity contribution in [1.82, 2.24) is 14.8 Å². The second kappa shape index (κ2) is 7.42. The van der Waals surface area contributed by atoms with Crippen LogP contribution < -0.4 is 4.90 Å². The van der Waals surface area contributed by atoms with Crippen LogP contribution in [0.4, 0.5) is 5.82 Å². The Labute approximate surface area is 135 Å². The minimum atomic E-state index is 0.586. The molecule has 1 aromatic heterocycles. The summed E-state index contributed by atoms with van der Waals surface area (Å²) in [5, 5.41) is 0. The van der Waals surface area contributed by atoms with E-state index in [4.69, 9.17) is 4.98 Å². The highest BCUT2D eigenvalue weighted by atomic mass is 15.3. The SMILES string of the molecule is CCCN1CCCCC1c1ccc(N2CCN(C)CC2)nc1. The van der Waals surface area contributed by atoms with Crippen LogP contribution in [0.2, 0.25) is 0 Å². The van der Waals surface area contributed by atoms with Gasteiger partial charge in [-0.2, -0.15) is 0 Å². The second-order valence-corrected chi connectivity index (χ2v) is 6.79. The Hall–Kier alpha value is -1.13. The monoisotopic (exact) mass is 302 g/mol. The van der Waals surface area contributed by atoms with Crippen LogP contribution in [0, 0.1) is 0 Å². The standard InChI is InChI=1S/C18H30N4/c1-3-9-21-10-5-4-6-17(21)16-7-8-18(19-15-16)22-13-11-20(2)12-14-22/h7-8,15,17H,3-6,9-14H2,1-2H3. The molecule has 0 aromatic carbocycles. The Morgan fingerprint density at radius 2 is 1.91 bits per heavy atom. The maximum Gasteiger partial charge on any atom is 0.128 e. The highest BCUT2D eigenvalue weighted by Crippen LogP contribution is 2.31. The fraction of sp³-hybridized carbons (Fsp3) is 0.722. The summed E-state index contributed by atoms with van der Waals surface area (Å²) in [5.74, 6) is 1.15. The Bertz CT molecular complexity index is 449. The molecular formula is C18H30N4. The number of pyridine rings is 1. The lowest BCUT2D eigenvalue weighted by Gasteiger charge is -2.36. The summed E-state index contributed by atoms with van der Waals surface area (Å²) in [6.07, 6.45) is 7.36. The molecule has 2 saturated heterocycles.